The second-order valence-electron chi connectivity index (χ2n) is 8.85. The second kappa shape index (κ2) is 11.4. The van der Waals surface area contributed by atoms with Gasteiger partial charge >= 0.3 is 6.18 Å². The van der Waals surface area contributed by atoms with E-state index in [9.17, 15) is 34.8 Å². The zero-order valence-electron chi connectivity index (χ0n) is 20.4. The van der Waals surface area contributed by atoms with E-state index in [1.54, 1.807) is 31.2 Å². The minimum absolute atomic E-state index is 0.177. The van der Waals surface area contributed by atoms with Crippen molar-refractivity contribution in [2.75, 3.05) is 5.75 Å². The van der Waals surface area contributed by atoms with Gasteiger partial charge in [0.05, 0.1) is 11.1 Å². The van der Waals surface area contributed by atoms with Crippen molar-refractivity contribution in [2.45, 2.75) is 51.6 Å². The maximum absolute atomic E-state index is 13.4. The van der Waals surface area contributed by atoms with Gasteiger partial charge in [-0.15, -0.1) is 0 Å². The molecule has 3 aromatic rings. The highest BCUT2D eigenvalue weighted by Crippen LogP contribution is 2.37. The van der Waals surface area contributed by atoms with E-state index in [4.69, 9.17) is 4.74 Å². The van der Waals surface area contributed by atoms with E-state index in [-0.39, 0.29) is 5.75 Å². The molecule has 1 heterocycles. The van der Waals surface area contributed by atoms with Gasteiger partial charge in [0.25, 0.3) is 6.43 Å². The summed E-state index contributed by atoms with van der Waals surface area (Å²) >= 11 is 2.00. The molecule has 3 rings (SSSR count). The largest absolute Gasteiger partial charge is 0.438 e. The summed E-state index contributed by atoms with van der Waals surface area (Å²) < 4.78 is 112. The number of aromatic nitrogens is 2. The van der Waals surface area contributed by atoms with E-state index in [1.165, 1.54) is 30.7 Å². The van der Waals surface area contributed by atoms with Gasteiger partial charge in [-0.25, -0.2) is 31.0 Å². The zero-order valence-corrected chi connectivity index (χ0v) is 23.3. The van der Waals surface area contributed by atoms with E-state index in [0.29, 0.717) is 32.8 Å². The first-order valence-electron chi connectivity index (χ1n) is 11.2. The lowest BCUT2D eigenvalue weighted by molar-refractivity contribution is -0.137. The molecule has 0 saturated carbocycles. The zero-order chi connectivity index (χ0) is 28.5. The number of aryl methyl sites for hydroxylation is 1. The molecule has 0 aliphatic carbocycles. The van der Waals surface area contributed by atoms with Gasteiger partial charge < -0.3 is 4.74 Å². The van der Waals surface area contributed by atoms with Gasteiger partial charge in [0.2, 0.25) is 15.9 Å². The van der Waals surface area contributed by atoms with Crippen molar-refractivity contribution < 1.29 is 39.5 Å². The van der Waals surface area contributed by atoms with Crippen LogP contribution in [0.1, 0.15) is 31.9 Å². The number of nitrogens with zero attached hydrogens (tertiary/aromatic N) is 2. The van der Waals surface area contributed by atoms with E-state index < -0.39 is 45.7 Å². The highest BCUT2D eigenvalue weighted by atomic mass is 127. The van der Waals surface area contributed by atoms with Crippen molar-refractivity contribution in [3.63, 3.8) is 0 Å². The fraction of sp³-hybridized carbons (Fsp3) is 0.375. The number of hydrogen-bond acceptors (Lipinski definition) is 4. The summed E-state index contributed by atoms with van der Waals surface area (Å²) in [6.45, 7) is 5.20. The number of sulfonamides is 1. The topological polar surface area (TPSA) is 73.2 Å². The molecule has 2 aromatic carbocycles. The number of alkyl halides is 6. The monoisotopic (exact) mass is 675 g/mol. The second-order valence-corrected chi connectivity index (χ2v) is 11.7. The molecule has 0 amide bonds. The summed E-state index contributed by atoms with van der Waals surface area (Å²) in [6.07, 6.45) is -10.7. The Balaban J connectivity index is 1.91. The predicted molar refractivity (Wildman–Crippen MR) is 138 cm³/mol. The van der Waals surface area contributed by atoms with Crippen LogP contribution in [0.15, 0.2) is 48.5 Å². The van der Waals surface area contributed by atoms with Crippen LogP contribution < -0.4 is 9.46 Å². The van der Waals surface area contributed by atoms with Crippen LogP contribution in [-0.4, -0.2) is 36.5 Å². The van der Waals surface area contributed by atoms with Crippen LogP contribution in [0.25, 0.3) is 11.3 Å². The third kappa shape index (κ3) is 7.20. The van der Waals surface area contributed by atoms with Gasteiger partial charge in [0.15, 0.2) is 6.17 Å². The molecular formula is C24H24F6IN3O3S. The molecule has 6 nitrogen and oxygen atoms in total. The Hall–Kier alpha value is -2.33. The van der Waals surface area contributed by atoms with Crippen molar-refractivity contribution in [1.82, 2.24) is 14.5 Å². The van der Waals surface area contributed by atoms with Crippen molar-refractivity contribution >= 4 is 32.6 Å². The van der Waals surface area contributed by atoms with Crippen LogP contribution in [0.3, 0.4) is 0 Å². The number of hydrogen-bond donors (Lipinski definition) is 1. The first-order chi connectivity index (χ1) is 17.5. The number of nitrogens with one attached hydrogen (secondary N) is 1. The fourth-order valence-corrected chi connectivity index (χ4v) is 5.92. The van der Waals surface area contributed by atoms with Crippen LogP contribution in [0.5, 0.6) is 11.6 Å². The summed E-state index contributed by atoms with van der Waals surface area (Å²) in [5, 5.41) is 4.54. The van der Waals surface area contributed by atoms with Gasteiger partial charge in [0, 0.05) is 12.1 Å². The SMILES string of the molecule is CCn1nc(-c2cccc(C(C)(C)NS(=O)(=O)CC(F)C(F)F)c2)c(I)c1Oc1ccc(C(F)(F)F)cc1. The molecule has 0 bridgehead atoms. The van der Waals surface area contributed by atoms with Crippen molar-refractivity contribution in [3.8, 4) is 22.9 Å². The third-order valence-corrected chi connectivity index (χ3v) is 8.02. The van der Waals surface area contributed by atoms with Crippen LogP contribution in [0.2, 0.25) is 0 Å². The summed E-state index contributed by atoms with van der Waals surface area (Å²) in [7, 11) is -4.39. The lowest BCUT2D eigenvalue weighted by atomic mass is 9.93. The average molecular weight is 675 g/mol. The lowest BCUT2D eigenvalue weighted by Crippen LogP contribution is -2.44. The molecule has 0 saturated heterocycles. The van der Waals surface area contributed by atoms with Crippen LogP contribution in [0, 0.1) is 3.57 Å². The standard InChI is InChI=1S/C24H24F6IN3O3S/c1-4-34-22(37-17-10-8-15(9-11-17)24(28,29)30)19(31)20(32-34)14-6-5-7-16(12-14)23(2,3)33-38(35,36)13-18(25)21(26)27/h5-12,18,21,33H,4,13H2,1-3H3. The number of halogens is 7. The van der Waals surface area contributed by atoms with Crippen molar-refractivity contribution in [2.24, 2.45) is 0 Å². The maximum atomic E-state index is 13.4. The summed E-state index contributed by atoms with van der Waals surface area (Å²) in [5.41, 5.74) is -0.598. The maximum Gasteiger partial charge on any atom is 0.416 e. The molecule has 38 heavy (non-hydrogen) atoms. The molecule has 0 aliphatic heterocycles. The van der Waals surface area contributed by atoms with E-state index >= 15 is 0 Å². The first kappa shape index (κ1) is 30.2. The minimum Gasteiger partial charge on any atom is -0.438 e. The van der Waals surface area contributed by atoms with Gasteiger partial charge in [-0.3, -0.25) is 0 Å². The molecule has 208 valence electrons. The fourth-order valence-electron chi connectivity index (χ4n) is 3.57. The Labute approximate surface area is 229 Å². The molecular weight excluding hydrogens is 651 g/mol. The summed E-state index contributed by atoms with van der Waals surface area (Å²) in [6, 6.07) is 10.9. The molecule has 0 fully saturated rings. The number of ether oxygens (including phenoxy) is 1. The summed E-state index contributed by atoms with van der Waals surface area (Å²) in [5.74, 6) is -0.900. The molecule has 0 radical (unpaired) electrons. The van der Waals surface area contributed by atoms with Crippen LogP contribution >= 0.6 is 22.6 Å². The Bertz CT molecular complexity index is 1380. The Morgan fingerprint density at radius 3 is 2.24 bits per heavy atom. The normalized spacial score (nSPS) is 13.7. The molecule has 14 heteroatoms. The van der Waals surface area contributed by atoms with Gasteiger partial charge in [-0.05, 0) is 79.3 Å². The Kier molecular flexibility index (Phi) is 9.08. The van der Waals surface area contributed by atoms with E-state index in [0.717, 1.165) is 12.1 Å². The first-order valence-corrected chi connectivity index (χ1v) is 13.9. The number of benzene rings is 2. The summed E-state index contributed by atoms with van der Waals surface area (Å²) in [4.78, 5) is 0. The van der Waals surface area contributed by atoms with Gasteiger partial charge in [-0.1, -0.05) is 18.2 Å². The van der Waals surface area contributed by atoms with Crippen molar-refractivity contribution in [1.29, 1.82) is 0 Å². The van der Waals surface area contributed by atoms with Crippen LogP contribution in [-0.2, 0) is 28.3 Å². The third-order valence-electron chi connectivity index (χ3n) is 5.47. The molecule has 0 spiro atoms. The molecule has 1 atom stereocenters. The molecule has 0 aliphatic rings. The van der Waals surface area contributed by atoms with E-state index in [1.807, 2.05) is 22.6 Å². The highest BCUT2D eigenvalue weighted by molar-refractivity contribution is 14.1. The van der Waals surface area contributed by atoms with Gasteiger partial charge in [0.1, 0.15) is 20.8 Å². The number of rotatable bonds is 10. The highest BCUT2D eigenvalue weighted by Gasteiger charge is 2.33. The molecule has 1 aromatic heterocycles. The minimum atomic E-state index is -4.48. The molecule has 1 N–H and O–H groups in total. The quantitative estimate of drug-likeness (QED) is 0.191. The van der Waals surface area contributed by atoms with Crippen LogP contribution in [0.4, 0.5) is 26.3 Å². The average Bonchev–Trinajstić information content (AvgIpc) is 3.13. The van der Waals surface area contributed by atoms with Gasteiger partial charge in [-0.2, -0.15) is 18.3 Å². The Morgan fingerprint density at radius 2 is 1.68 bits per heavy atom. The van der Waals surface area contributed by atoms with E-state index in [2.05, 4.69) is 9.82 Å². The Morgan fingerprint density at radius 1 is 1.05 bits per heavy atom. The predicted octanol–water partition coefficient (Wildman–Crippen LogP) is 6.74. The smallest absolute Gasteiger partial charge is 0.416 e. The lowest BCUT2D eigenvalue weighted by Gasteiger charge is -2.27. The van der Waals surface area contributed by atoms with Crippen molar-refractivity contribution in [3.05, 3.63) is 63.2 Å². The molecule has 1 unspecified atom stereocenters.